The third kappa shape index (κ3) is 2.80. The summed E-state index contributed by atoms with van der Waals surface area (Å²) in [6, 6.07) is 5.05. The predicted molar refractivity (Wildman–Crippen MR) is 67.6 cm³/mol. The third-order valence-corrected chi connectivity index (χ3v) is 3.24. The van der Waals surface area contributed by atoms with Gasteiger partial charge >= 0.3 is 0 Å². The van der Waals surface area contributed by atoms with Gasteiger partial charge in [-0.3, -0.25) is 4.21 Å². The van der Waals surface area contributed by atoms with Crippen molar-refractivity contribution in [3.63, 3.8) is 0 Å². The number of aromatic nitrogens is 3. The van der Waals surface area contributed by atoms with Crippen molar-refractivity contribution in [3.05, 3.63) is 34.4 Å². The molecule has 1 aromatic carbocycles. The lowest BCUT2D eigenvalue weighted by Crippen LogP contribution is -2.00. The summed E-state index contributed by atoms with van der Waals surface area (Å²) in [6.45, 7) is 0. The van der Waals surface area contributed by atoms with E-state index in [1.54, 1.807) is 18.2 Å². The van der Waals surface area contributed by atoms with Crippen molar-refractivity contribution in [2.45, 2.75) is 5.16 Å². The van der Waals surface area contributed by atoms with Crippen LogP contribution in [0.25, 0.3) is 11.3 Å². The molecule has 0 bridgehead atoms. The van der Waals surface area contributed by atoms with Gasteiger partial charge in [0.25, 0.3) is 0 Å². The van der Waals surface area contributed by atoms with Gasteiger partial charge in [0, 0.05) is 16.8 Å². The third-order valence-electron chi connectivity index (χ3n) is 2.00. The molecule has 0 aliphatic heterocycles. The minimum Gasteiger partial charge on any atom is -0.251 e. The van der Waals surface area contributed by atoms with E-state index in [2.05, 4.69) is 15.2 Å². The van der Waals surface area contributed by atoms with Gasteiger partial charge in [0.2, 0.25) is 5.16 Å². The monoisotopic (exact) mass is 287 g/mol. The molecule has 0 amide bonds. The maximum absolute atomic E-state index is 11.3. The van der Waals surface area contributed by atoms with Crippen LogP contribution in [0.2, 0.25) is 10.0 Å². The Labute approximate surface area is 110 Å². The maximum Gasteiger partial charge on any atom is 0.239 e. The largest absolute Gasteiger partial charge is 0.251 e. The molecule has 0 aliphatic carbocycles. The molecule has 1 unspecified atom stereocenters. The molecule has 2 rings (SSSR count). The van der Waals surface area contributed by atoms with E-state index in [1.165, 1.54) is 12.5 Å². The van der Waals surface area contributed by atoms with E-state index in [9.17, 15) is 4.21 Å². The molecule has 4 nitrogen and oxygen atoms in total. The van der Waals surface area contributed by atoms with Crippen LogP contribution >= 0.6 is 23.2 Å². The molecule has 1 atom stereocenters. The molecule has 1 aromatic heterocycles. The lowest BCUT2D eigenvalue weighted by atomic mass is 10.2. The van der Waals surface area contributed by atoms with Gasteiger partial charge in [0.1, 0.15) is 0 Å². The van der Waals surface area contributed by atoms with Gasteiger partial charge in [-0.15, -0.1) is 5.10 Å². The van der Waals surface area contributed by atoms with Gasteiger partial charge in [0.05, 0.1) is 27.7 Å². The standard InChI is InChI=1S/C10H7Cl2N3OS/c1-17(16)10-14-9(5-13-15-10)7-3-2-6(11)4-8(7)12/h2-5H,1H3. The number of hydrogen-bond acceptors (Lipinski definition) is 4. The zero-order chi connectivity index (χ0) is 12.4. The minimum absolute atomic E-state index is 0.175. The van der Waals surface area contributed by atoms with E-state index in [0.717, 1.165) is 0 Å². The van der Waals surface area contributed by atoms with Crippen molar-refractivity contribution in [3.8, 4) is 11.3 Å². The van der Waals surface area contributed by atoms with Crippen molar-refractivity contribution in [1.82, 2.24) is 15.2 Å². The number of nitrogens with zero attached hydrogens (tertiary/aromatic N) is 3. The fraction of sp³-hybridized carbons (Fsp3) is 0.100. The Morgan fingerprint density at radius 1 is 1.29 bits per heavy atom. The van der Waals surface area contributed by atoms with Crippen molar-refractivity contribution < 1.29 is 4.21 Å². The zero-order valence-electron chi connectivity index (χ0n) is 8.72. The predicted octanol–water partition coefficient (Wildman–Crippen LogP) is 2.58. The summed E-state index contributed by atoms with van der Waals surface area (Å²) in [5.74, 6) is 0. The Morgan fingerprint density at radius 3 is 2.71 bits per heavy atom. The second-order valence-corrected chi connectivity index (χ2v) is 5.32. The molecule has 0 saturated heterocycles. The van der Waals surface area contributed by atoms with Gasteiger partial charge < -0.3 is 0 Å². The van der Waals surface area contributed by atoms with Crippen molar-refractivity contribution >= 4 is 34.0 Å². The lowest BCUT2D eigenvalue weighted by molar-refractivity contribution is 0.675. The highest BCUT2D eigenvalue weighted by Gasteiger charge is 2.09. The van der Waals surface area contributed by atoms with Gasteiger partial charge in [-0.25, -0.2) is 4.98 Å². The summed E-state index contributed by atoms with van der Waals surface area (Å²) in [4.78, 5) is 4.13. The Balaban J connectivity index is 2.53. The zero-order valence-corrected chi connectivity index (χ0v) is 11.1. The first-order chi connectivity index (χ1) is 8.08. The molecule has 88 valence electrons. The molecule has 2 aromatic rings. The number of hydrogen-bond donors (Lipinski definition) is 0. The van der Waals surface area contributed by atoms with Crippen LogP contribution in [0.4, 0.5) is 0 Å². The van der Waals surface area contributed by atoms with Crippen molar-refractivity contribution in [1.29, 1.82) is 0 Å². The molecular formula is C10H7Cl2N3OS. The van der Waals surface area contributed by atoms with Gasteiger partial charge in [-0.05, 0) is 18.2 Å². The molecule has 0 N–H and O–H groups in total. The van der Waals surface area contributed by atoms with E-state index >= 15 is 0 Å². The normalized spacial score (nSPS) is 12.4. The summed E-state index contributed by atoms with van der Waals surface area (Å²) >= 11 is 11.9. The SMILES string of the molecule is CS(=O)c1nncc(-c2ccc(Cl)cc2Cl)n1. The number of rotatable bonds is 2. The van der Waals surface area contributed by atoms with E-state index < -0.39 is 10.8 Å². The van der Waals surface area contributed by atoms with Gasteiger partial charge in [-0.1, -0.05) is 23.2 Å². The second-order valence-electron chi connectivity index (χ2n) is 3.20. The van der Waals surface area contributed by atoms with E-state index in [4.69, 9.17) is 23.2 Å². The van der Waals surface area contributed by atoms with Crippen LogP contribution in [0.3, 0.4) is 0 Å². The maximum atomic E-state index is 11.3. The highest BCUT2D eigenvalue weighted by Crippen LogP contribution is 2.28. The van der Waals surface area contributed by atoms with Crippen LogP contribution < -0.4 is 0 Å². The van der Waals surface area contributed by atoms with Crippen molar-refractivity contribution in [2.75, 3.05) is 6.26 Å². The number of benzene rings is 1. The Hall–Kier alpha value is -1.04. The van der Waals surface area contributed by atoms with E-state index in [-0.39, 0.29) is 5.16 Å². The molecule has 0 spiro atoms. The first kappa shape index (κ1) is 12.4. The fourth-order valence-electron chi connectivity index (χ4n) is 1.24. The lowest BCUT2D eigenvalue weighted by Gasteiger charge is -2.04. The van der Waals surface area contributed by atoms with Crippen LogP contribution in [-0.2, 0) is 10.8 Å². The number of halogens is 2. The molecule has 0 radical (unpaired) electrons. The van der Waals surface area contributed by atoms with Crippen molar-refractivity contribution in [2.24, 2.45) is 0 Å². The summed E-state index contributed by atoms with van der Waals surface area (Å²) in [5.41, 5.74) is 1.20. The first-order valence-electron chi connectivity index (χ1n) is 4.56. The molecule has 7 heteroatoms. The van der Waals surface area contributed by atoms with Crippen LogP contribution in [0.15, 0.2) is 29.6 Å². The van der Waals surface area contributed by atoms with E-state index in [1.807, 2.05) is 0 Å². The first-order valence-corrected chi connectivity index (χ1v) is 6.88. The summed E-state index contributed by atoms with van der Waals surface area (Å²) < 4.78 is 11.3. The average molecular weight is 288 g/mol. The van der Waals surface area contributed by atoms with Crippen LogP contribution in [0, 0.1) is 0 Å². The molecule has 0 saturated carbocycles. The topological polar surface area (TPSA) is 55.7 Å². The fourth-order valence-corrected chi connectivity index (χ4v) is 2.13. The Bertz CT molecular complexity index is 592. The van der Waals surface area contributed by atoms with E-state index in [0.29, 0.717) is 21.3 Å². The molecule has 1 heterocycles. The molecule has 0 aliphatic rings. The highest BCUT2D eigenvalue weighted by atomic mass is 35.5. The Morgan fingerprint density at radius 2 is 2.06 bits per heavy atom. The molecular weight excluding hydrogens is 281 g/mol. The average Bonchev–Trinajstić information content (AvgIpc) is 2.29. The molecule has 0 fully saturated rings. The van der Waals surface area contributed by atoms with Crippen LogP contribution in [-0.4, -0.2) is 25.6 Å². The smallest absolute Gasteiger partial charge is 0.239 e. The summed E-state index contributed by atoms with van der Waals surface area (Å²) in [7, 11) is -1.28. The second kappa shape index (κ2) is 5.08. The van der Waals surface area contributed by atoms with Crippen LogP contribution in [0.1, 0.15) is 0 Å². The summed E-state index contributed by atoms with van der Waals surface area (Å²) in [5, 5.41) is 8.61. The minimum atomic E-state index is -1.28. The van der Waals surface area contributed by atoms with Gasteiger partial charge in [0.15, 0.2) is 0 Å². The van der Waals surface area contributed by atoms with Gasteiger partial charge in [-0.2, -0.15) is 5.10 Å². The van der Waals surface area contributed by atoms with Crippen LogP contribution in [0.5, 0.6) is 0 Å². The highest BCUT2D eigenvalue weighted by molar-refractivity contribution is 7.84. The Kier molecular flexibility index (Phi) is 3.71. The quantitative estimate of drug-likeness (QED) is 0.852. The summed E-state index contributed by atoms with van der Waals surface area (Å²) in [6.07, 6.45) is 2.95. The molecule has 17 heavy (non-hydrogen) atoms.